The van der Waals surface area contributed by atoms with E-state index in [2.05, 4.69) is 33.4 Å². The average molecular weight is 297 g/mol. The van der Waals surface area contributed by atoms with Gasteiger partial charge in [-0.05, 0) is 38.0 Å². The molecule has 1 N–H and O–H groups in total. The Kier molecular flexibility index (Phi) is 3.66. The molecular formula is C16H19N5O. The van der Waals surface area contributed by atoms with Gasteiger partial charge in [0.25, 0.3) is 5.78 Å². The molecule has 114 valence electrons. The van der Waals surface area contributed by atoms with Crippen molar-refractivity contribution in [2.75, 3.05) is 12.4 Å². The first-order valence-electron chi connectivity index (χ1n) is 7.25. The van der Waals surface area contributed by atoms with Gasteiger partial charge in [0.2, 0.25) is 0 Å². The minimum absolute atomic E-state index is 0.587. The lowest BCUT2D eigenvalue weighted by molar-refractivity contribution is 0.416. The predicted octanol–water partition coefficient (Wildman–Crippen LogP) is 3.06. The highest BCUT2D eigenvalue weighted by Gasteiger charge is 2.15. The van der Waals surface area contributed by atoms with Crippen molar-refractivity contribution in [3.63, 3.8) is 0 Å². The highest BCUT2D eigenvalue weighted by atomic mass is 16.5. The monoisotopic (exact) mass is 297 g/mol. The smallest absolute Gasteiger partial charge is 0.254 e. The van der Waals surface area contributed by atoms with Crippen LogP contribution >= 0.6 is 0 Å². The number of ether oxygens (including phenoxy) is 1. The molecule has 1 aromatic carbocycles. The summed E-state index contributed by atoms with van der Waals surface area (Å²) in [6.07, 6.45) is 2.37. The van der Waals surface area contributed by atoms with E-state index in [-0.39, 0.29) is 0 Å². The summed E-state index contributed by atoms with van der Waals surface area (Å²) in [7, 11) is 1.67. The van der Waals surface area contributed by atoms with Gasteiger partial charge in [-0.1, -0.05) is 13.0 Å². The van der Waals surface area contributed by atoms with E-state index in [1.807, 2.05) is 26.0 Å². The Morgan fingerprint density at radius 3 is 2.82 bits per heavy atom. The average Bonchev–Trinajstić information content (AvgIpc) is 2.95. The summed E-state index contributed by atoms with van der Waals surface area (Å²) in [6.45, 7) is 6.14. The molecule has 0 aliphatic heterocycles. The number of rotatable bonds is 4. The van der Waals surface area contributed by atoms with Crippen LogP contribution in [0, 0.1) is 13.8 Å². The van der Waals surface area contributed by atoms with Crippen LogP contribution in [-0.4, -0.2) is 26.7 Å². The number of aromatic nitrogens is 4. The second-order valence-corrected chi connectivity index (χ2v) is 5.18. The fourth-order valence-corrected chi connectivity index (χ4v) is 2.58. The first-order chi connectivity index (χ1) is 10.6. The Labute approximate surface area is 129 Å². The van der Waals surface area contributed by atoms with Crippen molar-refractivity contribution < 1.29 is 4.74 Å². The van der Waals surface area contributed by atoms with Crippen LogP contribution in [0.15, 0.2) is 24.5 Å². The fraction of sp³-hybridized carbons (Fsp3) is 0.312. The van der Waals surface area contributed by atoms with Crippen molar-refractivity contribution in [2.45, 2.75) is 27.2 Å². The number of nitrogens with one attached hydrogen (secondary N) is 1. The largest absolute Gasteiger partial charge is 0.495 e. The molecule has 0 unspecified atom stereocenters. The lowest BCUT2D eigenvalue weighted by atomic mass is 10.1. The molecule has 0 fully saturated rings. The van der Waals surface area contributed by atoms with Gasteiger partial charge in [-0.15, -0.1) is 0 Å². The van der Waals surface area contributed by atoms with Gasteiger partial charge in [-0.2, -0.15) is 14.6 Å². The van der Waals surface area contributed by atoms with Crippen LogP contribution in [0.1, 0.15) is 23.7 Å². The number of nitrogens with zero attached hydrogens (tertiary/aromatic N) is 4. The van der Waals surface area contributed by atoms with Crippen molar-refractivity contribution in [3.8, 4) is 5.75 Å². The maximum atomic E-state index is 5.45. The Hall–Kier alpha value is -2.63. The number of anilines is 2. The number of benzene rings is 1. The van der Waals surface area contributed by atoms with E-state index in [0.29, 0.717) is 5.78 Å². The van der Waals surface area contributed by atoms with Crippen molar-refractivity contribution in [1.29, 1.82) is 0 Å². The van der Waals surface area contributed by atoms with E-state index in [9.17, 15) is 0 Å². The standard InChI is InChI=1S/C16H19N5O/c1-5-12-11(3)19-16-17-9-18-21(16)15(12)20-13-8-10(2)6-7-14(13)22-4/h6-9,20H,5H2,1-4H3. The van der Waals surface area contributed by atoms with Gasteiger partial charge in [0.1, 0.15) is 17.9 Å². The Morgan fingerprint density at radius 1 is 1.27 bits per heavy atom. The molecule has 0 spiro atoms. The van der Waals surface area contributed by atoms with Crippen LogP contribution in [0.5, 0.6) is 5.75 Å². The number of aryl methyl sites for hydroxylation is 2. The molecule has 6 nitrogen and oxygen atoms in total. The molecule has 6 heteroatoms. The van der Waals surface area contributed by atoms with Gasteiger partial charge in [0.15, 0.2) is 0 Å². The second kappa shape index (κ2) is 5.63. The Balaban J connectivity index is 2.18. The van der Waals surface area contributed by atoms with Crippen LogP contribution in [-0.2, 0) is 6.42 Å². The van der Waals surface area contributed by atoms with Crippen molar-refractivity contribution >= 4 is 17.3 Å². The molecule has 2 aromatic heterocycles. The molecule has 3 rings (SSSR count). The normalized spacial score (nSPS) is 10.9. The third-order valence-electron chi connectivity index (χ3n) is 3.69. The van der Waals surface area contributed by atoms with E-state index in [1.54, 1.807) is 11.6 Å². The topological polar surface area (TPSA) is 64.3 Å². The van der Waals surface area contributed by atoms with E-state index >= 15 is 0 Å². The molecule has 0 amide bonds. The zero-order valence-corrected chi connectivity index (χ0v) is 13.2. The van der Waals surface area contributed by atoms with Gasteiger partial charge >= 0.3 is 0 Å². The number of fused-ring (bicyclic) bond motifs is 1. The van der Waals surface area contributed by atoms with E-state index < -0.39 is 0 Å². The van der Waals surface area contributed by atoms with E-state index in [0.717, 1.165) is 40.5 Å². The third kappa shape index (κ3) is 2.36. The van der Waals surface area contributed by atoms with Gasteiger partial charge < -0.3 is 10.1 Å². The van der Waals surface area contributed by atoms with Gasteiger partial charge in [-0.25, -0.2) is 4.98 Å². The lowest BCUT2D eigenvalue weighted by Crippen LogP contribution is -2.09. The van der Waals surface area contributed by atoms with E-state index in [1.165, 1.54) is 6.33 Å². The molecule has 0 bridgehead atoms. The number of hydrogen-bond donors (Lipinski definition) is 1. The Bertz CT molecular complexity index is 825. The minimum atomic E-state index is 0.587. The van der Waals surface area contributed by atoms with Crippen molar-refractivity contribution in [1.82, 2.24) is 19.6 Å². The molecule has 0 atom stereocenters. The van der Waals surface area contributed by atoms with Gasteiger partial charge in [0.05, 0.1) is 12.8 Å². The van der Waals surface area contributed by atoms with Crippen molar-refractivity contribution in [2.24, 2.45) is 0 Å². The molecule has 22 heavy (non-hydrogen) atoms. The highest BCUT2D eigenvalue weighted by molar-refractivity contribution is 5.68. The van der Waals surface area contributed by atoms with Crippen LogP contribution < -0.4 is 10.1 Å². The molecule has 3 aromatic rings. The first-order valence-corrected chi connectivity index (χ1v) is 7.25. The minimum Gasteiger partial charge on any atom is -0.495 e. The maximum Gasteiger partial charge on any atom is 0.254 e. The van der Waals surface area contributed by atoms with Crippen LogP contribution in [0.25, 0.3) is 5.78 Å². The number of methoxy groups -OCH3 is 1. The molecule has 2 heterocycles. The molecule has 0 aliphatic carbocycles. The fourth-order valence-electron chi connectivity index (χ4n) is 2.58. The lowest BCUT2D eigenvalue weighted by Gasteiger charge is -2.16. The molecule has 0 radical (unpaired) electrons. The summed E-state index contributed by atoms with van der Waals surface area (Å²) in [6, 6.07) is 6.03. The molecule has 0 saturated carbocycles. The quantitative estimate of drug-likeness (QED) is 0.802. The maximum absolute atomic E-state index is 5.45. The zero-order chi connectivity index (χ0) is 15.7. The summed E-state index contributed by atoms with van der Waals surface area (Å²) in [4.78, 5) is 8.67. The summed E-state index contributed by atoms with van der Waals surface area (Å²) in [5, 5.41) is 7.73. The van der Waals surface area contributed by atoms with E-state index in [4.69, 9.17) is 4.74 Å². The highest BCUT2D eigenvalue weighted by Crippen LogP contribution is 2.30. The summed E-state index contributed by atoms with van der Waals surface area (Å²) in [5.41, 5.74) is 4.13. The molecule has 0 aliphatic rings. The van der Waals surface area contributed by atoms with Gasteiger partial charge in [0, 0.05) is 11.3 Å². The SMILES string of the molecule is CCc1c(C)nc2ncnn2c1Nc1cc(C)ccc1OC. The van der Waals surface area contributed by atoms with Gasteiger partial charge in [-0.3, -0.25) is 0 Å². The van der Waals surface area contributed by atoms with Crippen molar-refractivity contribution in [3.05, 3.63) is 41.3 Å². The summed E-state index contributed by atoms with van der Waals surface area (Å²) >= 11 is 0. The van der Waals surface area contributed by atoms with Crippen LogP contribution in [0.4, 0.5) is 11.5 Å². The third-order valence-corrected chi connectivity index (χ3v) is 3.69. The zero-order valence-electron chi connectivity index (χ0n) is 13.2. The summed E-state index contributed by atoms with van der Waals surface area (Å²) in [5.74, 6) is 2.26. The number of hydrogen-bond acceptors (Lipinski definition) is 5. The summed E-state index contributed by atoms with van der Waals surface area (Å²) < 4.78 is 7.18. The predicted molar refractivity (Wildman–Crippen MR) is 85.9 cm³/mol. The molecule has 0 saturated heterocycles. The van der Waals surface area contributed by atoms with Crippen LogP contribution in [0.3, 0.4) is 0 Å². The second-order valence-electron chi connectivity index (χ2n) is 5.18. The van der Waals surface area contributed by atoms with Crippen LogP contribution in [0.2, 0.25) is 0 Å². The molecular weight excluding hydrogens is 278 g/mol. The first kappa shape index (κ1) is 14.3. The Morgan fingerprint density at radius 2 is 2.09 bits per heavy atom.